The van der Waals surface area contributed by atoms with Crippen molar-refractivity contribution < 1.29 is 9.53 Å². The van der Waals surface area contributed by atoms with Crippen LogP contribution < -0.4 is 10.1 Å². The maximum atomic E-state index is 12.5. The Morgan fingerprint density at radius 1 is 1.04 bits per heavy atom. The molecule has 3 aromatic rings. The highest BCUT2D eigenvalue weighted by atomic mass is 35.5. The number of rotatable bonds is 7. The van der Waals surface area contributed by atoms with Crippen molar-refractivity contribution in [2.24, 2.45) is 0 Å². The van der Waals surface area contributed by atoms with Crippen LogP contribution >= 0.6 is 23.4 Å². The highest BCUT2D eigenvalue weighted by Gasteiger charge is 2.07. The fourth-order valence-corrected chi connectivity index (χ4v) is 3.55. The summed E-state index contributed by atoms with van der Waals surface area (Å²) in [5.41, 5.74) is 2.49. The molecule has 0 aliphatic carbocycles. The molecule has 0 unspecified atom stereocenters. The summed E-state index contributed by atoms with van der Waals surface area (Å²) in [6.07, 6.45) is 0.0873. The minimum absolute atomic E-state index is 0.0873. The molecular formula is C23H22ClNO2S. The number of nitrogens with one attached hydrogen (secondary N) is 1. The van der Waals surface area contributed by atoms with Gasteiger partial charge in [0.1, 0.15) is 5.75 Å². The molecule has 144 valence electrons. The molecule has 0 aromatic heterocycles. The number of anilines is 1. The Balaban J connectivity index is 1.58. The van der Waals surface area contributed by atoms with Crippen molar-refractivity contribution in [3.05, 3.63) is 88.9 Å². The topological polar surface area (TPSA) is 38.3 Å². The minimum Gasteiger partial charge on any atom is -0.491 e. The summed E-state index contributed by atoms with van der Waals surface area (Å²) in [6, 6.07) is 22.9. The van der Waals surface area contributed by atoms with Gasteiger partial charge in [0, 0.05) is 33.0 Å². The number of ether oxygens (including phenoxy) is 1. The minimum atomic E-state index is -0.140. The van der Waals surface area contributed by atoms with Gasteiger partial charge in [0.2, 0.25) is 0 Å². The van der Waals surface area contributed by atoms with E-state index in [2.05, 4.69) is 5.32 Å². The van der Waals surface area contributed by atoms with Gasteiger partial charge >= 0.3 is 0 Å². The summed E-state index contributed by atoms with van der Waals surface area (Å²) in [7, 11) is 0. The van der Waals surface area contributed by atoms with Crippen molar-refractivity contribution in [3.63, 3.8) is 0 Å². The molecular weight excluding hydrogens is 390 g/mol. The first kappa shape index (κ1) is 20.3. The van der Waals surface area contributed by atoms with Gasteiger partial charge < -0.3 is 10.1 Å². The van der Waals surface area contributed by atoms with Crippen LogP contribution in [0.4, 0.5) is 5.69 Å². The molecule has 0 heterocycles. The second kappa shape index (κ2) is 9.67. The number of hydrogen-bond acceptors (Lipinski definition) is 3. The van der Waals surface area contributed by atoms with Crippen molar-refractivity contribution in [1.82, 2.24) is 0 Å². The lowest BCUT2D eigenvalue weighted by molar-refractivity contribution is 0.102. The third kappa shape index (κ3) is 6.04. The summed E-state index contributed by atoms with van der Waals surface area (Å²) in [5, 5.41) is 3.65. The maximum Gasteiger partial charge on any atom is 0.255 e. The molecule has 5 heteroatoms. The van der Waals surface area contributed by atoms with Crippen molar-refractivity contribution in [3.8, 4) is 5.75 Å². The molecule has 3 nitrogen and oxygen atoms in total. The van der Waals surface area contributed by atoms with Crippen LogP contribution in [0, 0.1) is 0 Å². The van der Waals surface area contributed by atoms with Crippen LogP contribution in [-0.4, -0.2) is 12.0 Å². The highest BCUT2D eigenvalue weighted by Crippen LogP contribution is 2.24. The third-order valence-corrected chi connectivity index (χ3v) is 5.23. The third-order valence-electron chi connectivity index (χ3n) is 3.90. The molecule has 0 bridgehead atoms. The van der Waals surface area contributed by atoms with Crippen LogP contribution in [0.3, 0.4) is 0 Å². The summed E-state index contributed by atoms with van der Waals surface area (Å²) < 4.78 is 5.67. The largest absolute Gasteiger partial charge is 0.491 e. The molecule has 0 saturated heterocycles. The predicted octanol–water partition coefficient (Wildman–Crippen LogP) is 6.67. The van der Waals surface area contributed by atoms with Gasteiger partial charge in [-0.05, 0) is 67.9 Å². The highest BCUT2D eigenvalue weighted by molar-refractivity contribution is 7.98. The number of thioether (sulfide) groups is 1. The average Bonchev–Trinajstić information content (AvgIpc) is 2.68. The van der Waals surface area contributed by atoms with Crippen molar-refractivity contribution in [1.29, 1.82) is 0 Å². The lowest BCUT2D eigenvalue weighted by atomic mass is 10.1. The number of carbonyl (C=O) groups excluding carboxylic acids is 1. The monoisotopic (exact) mass is 411 g/mol. The van der Waals surface area contributed by atoms with Crippen molar-refractivity contribution in [2.75, 3.05) is 5.32 Å². The molecule has 0 saturated carbocycles. The first-order valence-corrected chi connectivity index (χ1v) is 10.4. The average molecular weight is 412 g/mol. The molecule has 28 heavy (non-hydrogen) atoms. The van der Waals surface area contributed by atoms with E-state index in [9.17, 15) is 4.79 Å². The lowest BCUT2D eigenvalue weighted by Gasteiger charge is -2.11. The quantitative estimate of drug-likeness (QED) is 0.441. The molecule has 3 rings (SSSR count). The van der Waals surface area contributed by atoms with Gasteiger partial charge in [-0.25, -0.2) is 0 Å². The number of halogens is 1. The van der Waals surface area contributed by atoms with Gasteiger partial charge in [0.25, 0.3) is 5.91 Å². The SMILES string of the molecule is CC(C)Oc1cccc(NC(=O)c2ccc(CSc3ccc(Cl)cc3)cc2)c1. The Bertz CT molecular complexity index is 924. The van der Waals surface area contributed by atoms with Gasteiger partial charge in [0.15, 0.2) is 0 Å². The number of carbonyl (C=O) groups is 1. The van der Waals surface area contributed by atoms with Crippen LogP contribution in [0.25, 0.3) is 0 Å². The Labute approximate surface area is 175 Å². The molecule has 0 spiro atoms. The summed E-state index contributed by atoms with van der Waals surface area (Å²) >= 11 is 7.64. The van der Waals surface area contributed by atoms with Crippen molar-refractivity contribution >= 4 is 35.0 Å². The van der Waals surface area contributed by atoms with E-state index in [1.165, 1.54) is 0 Å². The summed E-state index contributed by atoms with van der Waals surface area (Å²) in [4.78, 5) is 13.7. The maximum absolute atomic E-state index is 12.5. The van der Waals surface area contributed by atoms with E-state index < -0.39 is 0 Å². The molecule has 0 fully saturated rings. The van der Waals surface area contributed by atoms with E-state index in [0.29, 0.717) is 11.3 Å². The van der Waals surface area contributed by atoms with Crippen LogP contribution in [0.15, 0.2) is 77.7 Å². The van der Waals surface area contributed by atoms with E-state index in [0.717, 1.165) is 27.0 Å². The molecule has 3 aromatic carbocycles. The van der Waals surface area contributed by atoms with Crippen LogP contribution in [0.1, 0.15) is 29.8 Å². The van der Waals surface area contributed by atoms with Gasteiger partial charge in [-0.2, -0.15) is 0 Å². The van der Waals surface area contributed by atoms with E-state index >= 15 is 0 Å². The van der Waals surface area contributed by atoms with Gasteiger partial charge in [-0.3, -0.25) is 4.79 Å². The second-order valence-corrected chi connectivity index (χ2v) is 8.07. The van der Waals surface area contributed by atoms with E-state index in [1.807, 2.05) is 86.6 Å². The number of hydrogen-bond donors (Lipinski definition) is 1. The van der Waals surface area contributed by atoms with Gasteiger partial charge in [0.05, 0.1) is 6.10 Å². The summed E-state index contributed by atoms with van der Waals surface area (Å²) in [6.45, 7) is 3.94. The summed E-state index contributed by atoms with van der Waals surface area (Å²) in [5.74, 6) is 1.43. The Kier molecular flexibility index (Phi) is 7.01. The normalized spacial score (nSPS) is 10.7. The van der Waals surface area contributed by atoms with Crippen LogP contribution in [0.5, 0.6) is 5.75 Å². The van der Waals surface area contributed by atoms with E-state index in [4.69, 9.17) is 16.3 Å². The van der Waals surface area contributed by atoms with E-state index in [1.54, 1.807) is 11.8 Å². The van der Waals surface area contributed by atoms with Gasteiger partial charge in [-0.15, -0.1) is 11.8 Å². The molecule has 0 atom stereocenters. The molecule has 0 aliphatic heterocycles. The smallest absolute Gasteiger partial charge is 0.255 e. The molecule has 1 amide bonds. The zero-order chi connectivity index (χ0) is 19.9. The standard InChI is InChI=1S/C23H22ClNO2S/c1-16(2)27-21-5-3-4-20(14-21)25-23(26)18-8-6-17(7-9-18)15-28-22-12-10-19(24)11-13-22/h3-14,16H,15H2,1-2H3,(H,25,26). The number of amides is 1. The second-order valence-electron chi connectivity index (χ2n) is 6.59. The first-order chi connectivity index (χ1) is 13.5. The lowest BCUT2D eigenvalue weighted by Crippen LogP contribution is -2.12. The van der Waals surface area contributed by atoms with E-state index in [-0.39, 0.29) is 12.0 Å². The number of benzene rings is 3. The molecule has 1 N–H and O–H groups in total. The Morgan fingerprint density at radius 2 is 1.75 bits per heavy atom. The molecule has 0 aliphatic rings. The Hall–Kier alpha value is -2.43. The predicted molar refractivity (Wildman–Crippen MR) is 118 cm³/mol. The Morgan fingerprint density at radius 3 is 2.43 bits per heavy atom. The fourth-order valence-electron chi connectivity index (χ4n) is 2.57. The van der Waals surface area contributed by atoms with Gasteiger partial charge in [-0.1, -0.05) is 29.8 Å². The zero-order valence-corrected chi connectivity index (χ0v) is 17.4. The first-order valence-electron chi connectivity index (χ1n) is 9.05. The van der Waals surface area contributed by atoms with Crippen LogP contribution in [-0.2, 0) is 5.75 Å². The zero-order valence-electron chi connectivity index (χ0n) is 15.8. The van der Waals surface area contributed by atoms with Crippen molar-refractivity contribution in [2.45, 2.75) is 30.6 Å². The fraction of sp³-hybridized carbons (Fsp3) is 0.174. The molecule has 0 radical (unpaired) electrons. The van der Waals surface area contributed by atoms with Crippen LogP contribution in [0.2, 0.25) is 5.02 Å².